The molecule has 0 amide bonds. The first-order valence-corrected chi connectivity index (χ1v) is 12.9. The number of para-hydroxylation sites is 1. The first-order valence-electron chi connectivity index (χ1n) is 11.5. The number of anilines is 1. The summed E-state index contributed by atoms with van der Waals surface area (Å²) in [5.41, 5.74) is 2.04. The zero-order chi connectivity index (χ0) is 24.3. The van der Waals surface area contributed by atoms with Gasteiger partial charge in [0.15, 0.2) is 0 Å². The minimum absolute atomic E-state index is 0.307. The van der Waals surface area contributed by atoms with Crippen LogP contribution in [0.15, 0.2) is 95.9 Å². The summed E-state index contributed by atoms with van der Waals surface area (Å²) in [6, 6.07) is 28.3. The first kappa shape index (κ1) is 23.0. The molecule has 1 aliphatic rings. The van der Waals surface area contributed by atoms with E-state index in [4.69, 9.17) is 4.74 Å². The van der Waals surface area contributed by atoms with Crippen molar-refractivity contribution in [2.75, 3.05) is 31.1 Å². The number of hydrogen-bond donors (Lipinski definition) is 0. The van der Waals surface area contributed by atoms with Gasteiger partial charge >= 0.3 is 0 Å². The van der Waals surface area contributed by atoms with Crippen LogP contribution in [0, 0.1) is 6.92 Å². The summed E-state index contributed by atoms with van der Waals surface area (Å²) in [6.45, 7) is 3.63. The summed E-state index contributed by atoms with van der Waals surface area (Å²) in [4.78, 5) is 11.3. The molecule has 0 radical (unpaired) electrons. The van der Waals surface area contributed by atoms with Crippen molar-refractivity contribution in [3.8, 4) is 22.8 Å². The third-order valence-corrected chi connectivity index (χ3v) is 7.84. The predicted molar refractivity (Wildman–Crippen MR) is 136 cm³/mol. The molecule has 1 fully saturated rings. The largest absolute Gasteiger partial charge is 0.439 e. The number of sulfonamides is 1. The van der Waals surface area contributed by atoms with Gasteiger partial charge in [-0.1, -0.05) is 60.7 Å². The molecule has 1 aliphatic heterocycles. The molecule has 178 valence electrons. The molecule has 8 heteroatoms. The molecule has 1 saturated heterocycles. The third kappa shape index (κ3) is 5.18. The highest BCUT2D eigenvalue weighted by Crippen LogP contribution is 2.26. The van der Waals surface area contributed by atoms with Crippen LogP contribution in [0.1, 0.15) is 5.82 Å². The van der Waals surface area contributed by atoms with Gasteiger partial charge in [0.1, 0.15) is 17.4 Å². The third-order valence-electron chi connectivity index (χ3n) is 5.93. The maximum atomic E-state index is 13.3. The second-order valence-electron chi connectivity index (χ2n) is 8.31. The minimum Gasteiger partial charge on any atom is -0.439 e. The SMILES string of the molecule is Cc1nc(Oc2ccccc2)cc(N2CCN(S(=O)(=O)c3ccc(-c4ccccc4)cc3)CC2)n1. The van der Waals surface area contributed by atoms with Crippen molar-refractivity contribution in [3.63, 3.8) is 0 Å². The molecule has 5 rings (SSSR count). The van der Waals surface area contributed by atoms with Crippen molar-refractivity contribution < 1.29 is 13.2 Å². The smallest absolute Gasteiger partial charge is 0.243 e. The maximum Gasteiger partial charge on any atom is 0.243 e. The van der Waals surface area contributed by atoms with E-state index in [0.29, 0.717) is 48.5 Å². The Kier molecular flexibility index (Phi) is 6.48. The average molecular weight is 487 g/mol. The van der Waals surface area contributed by atoms with Gasteiger partial charge in [0, 0.05) is 32.2 Å². The van der Waals surface area contributed by atoms with Gasteiger partial charge in [-0.05, 0) is 42.3 Å². The number of rotatable bonds is 6. The fourth-order valence-corrected chi connectivity index (χ4v) is 5.53. The molecule has 4 aromatic rings. The van der Waals surface area contributed by atoms with E-state index in [0.717, 1.165) is 16.9 Å². The number of nitrogens with zero attached hydrogens (tertiary/aromatic N) is 4. The summed E-state index contributed by atoms with van der Waals surface area (Å²) in [5.74, 6) is 2.49. The van der Waals surface area contributed by atoms with Crippen LogP contribution >= 0.6 is 0 Å². The monoisotopic (exact) mass is 486 g/mol. The highest BCUT2D eigenvalue weighted by atomic mass is 32.2. The van der Waals surface area contributed by atoms with Crippen LogP contribution in [0.2, 0.25) is 0 Å². The van der Waals surface area contributed by atoms with Crippen LogP contribution in [-0.2, 0) is 10.0 Å². The van der Waals surface area contributed by atoms with Crippen molar-refractivity contribution in [3.05, 3.63) is 96.8 Å². The summed E-state index contributed by atoms with van der Waals surface area (Å²) < 4.78 is 33.9. The van der Waals surface area contributed by atoms with Crippen LogP contribution in [0.5, 0.6) is 11.6 Å². The summed E-state index contributed by atoms with van der Waals surface area (Å²) in [7, 11) is -3.57. The fourth-order valence-electron chi connectivity index (χ4n) is 4.11. The molecule has 35 heavy (non-hydrogen) atoms. The molecular formula is C27H26N4O3S. The summed E-state index contributed by atoms with van der Waals surface area (Å²) >= 11 is 0. The van der Waals surface area contributed by atoms with Crippen LogP contribution in [0.4, 0.5) is 5.82 Å². The van der Waals surface area contributed by atoms with Gasteiger partial charge in [0.2, 0.25) is 15.9 Å². The molecule has 0 aliphatic carbocycles. The highest BCUT2D eigenvalue weighted by Gasteiger charge is 2.29. The minimum atomic E-state index is -3.57. The van der Waals surface area contributed by atoms with Gasteiger partial charge < -0.3 is 9.64 Å². The molecule has 0 bridgehead atoms. The molecule has 7 nitrogen and oxygen atoms in total. The molecule has 0 atom stereocenters. The van der Waals surface area contributed by atoms with Crippen LogP contribution < -0.4 is 9.64 Å². The number of ether oxygens (including phenoxy) is 1. The Bertz CT molecular complexity index is 1390. The number of piperazine rings is 1. The quantitative estimate of drug-likeness (QED) is 0.391. The van der Waals surface area contributed by atoms with Gasteiger partial charge in [-0.25, -0.2) is 13.4 Å². The Balaban J connectivity index is 1.27. The molecule has 0 N–H and O–H groups in total. The van der Waals surface area contributed by atoms with Gasteiger partial charge in [-0.2, -0.15) is 9.29 Å². The van der Waals surface area contributed by atoms with E-state index in [1.165, 1.54) is 4.31 Å². The lowest BCUT2D eigenvalue weighted by Gasteiger charge is -2.34. The number of hydrogen-bond acceptors (Lipinski definition) is 6. The zero-order valence-corrected chi connectivity index (χ0v) is 20.2. The fraction of sp³-hybridized carbons (Fsp3) is 0.185. The lowest BCUT2D eigenvalue weighted by Crippen LogP contribution is -2.49. The molecule has 3 aromatic carbocycles. The number of benzene rings is 3. The van der Waals surface area contributed by atoms with Crippen molar-refractivity contribution in [1.29, 1.82) is 0 Å². The van der Waals surface area contributed by atoms with Gasteiger partial charge in [0.05, 0.1) is 4.90 Å². The van der Waals surface area contributed by atoms with E-state index in [-0.39, 0.29) is 0 Å². The normalized spacial score (nSPS) is 14.6. The number of aromatic nitrogens is 2. The van der Waals surface area contributed by atoms with E-state index < -0.39 is 10.0 Å². The van der Waals surface area contributed by atoms with Gasteiger partial charge in [0.25, 0.3) is 0 Å². The van der Waals surface area contributed by atoms with E-state index >= 15 is 0 Å². The van der Waals surface area contributed by atoms with E-state index in [1.54, 1.807) is 18.2 Å². The maximum absolute atomic E-state index is 13.3. The molecule has 2 heterocycles. The number of aryl methyl sites for hydroxylation is 1. The lowest BCUT2D eigenvalue weighted by atomic mass is 10.1. The average Bonchev–Trinajstić information content (AvgIpc) is 2.90. The Morgan fingerprint density at radius 2 is 1.34 bits per heavy atom. The van der Waals surface area contributed by atoms with Crippen LogP contribution in [0.25, 0.3) is 11.1 Å². The molecular weight excluding hydrogens is 460 g/mol. The van der Waals surface area contributed by atoms with Crippen LogP contribution in [-0.4, -0.2) is 48.9 Å². The lowest BCUT2D eigenvalue weighted by molar-refractivity contribution is 0.383. The highest BCUT2D eigenvalue weighted by molar-refractivity contribution is 7.89. The van der Waals surface area contributed by atoms with Crippen LogP contribution in [0.3, 0.4) is 0 Å². The standard InChI is InChI=1S/C27H26N4O3S/c1-21-28-26(20-27(29-21)34-24-10-6-3-7-11-24)30-16-18-31(19-17-30)35(32,33)25-14-12-23(13-15-25)22-8-4-2-5-9-22/h2-15,20H,16-19H2,1H3. The van der Waals surface area contributed by atoms with Crippen molar-refractivity contribution in [2.45, 2.75) is 11.8 Å². The molecule has 0 unspecified atom stereocenters. The Morgan fingerprint density at radius 1 is 0.743 bits per heavy atom. The Morgan fingerprint density at radius 3 is 2.00 bits per heavy atom. The van der Waals surface area contributed by atoms with Crippen molar-refractivity contribution >= 4 is 15.8 Å². The van der Waals surface area contributed by atoms with Gasteiger partial charge in [-0.15, -0.1) is 0 Å². The summed E-state index contributed by atoms with van der Waals surface area (Å²) in [6.07, 6.45) is 0. The van der Waals surface area contributed by atoms with E-state index in [9.17, 15) is 8.42 Å². The predicted octanol–water partition coefficient (Wildman–Crippen LogP) is 4.76. The summed E-state index contributed by atoms with van der Waals surface area (Å²) in [5, 5.41) is 0. The van der Waals surface area contributed by atoms with E-state index in [2.05, 4.69) is 14.9 Å². The molecule has 0 saturated carbocycles. The molecule has 1 aromatic heterocycles. The first-order chi connectivity index (χ1) is 17.0. The van der Waals surface area contributed by atoms with Gasteiger partial charge in [-0.3, -0.25) is 0 Å². The topological polar surface area (TPSA) is 75.6 Å². The van der Waals surface area contributed by atoms with E-state index in [1.807, 2.05) is 79.7 Å². The van der Waals surface area contributed by atoms with Crippen molar-refractivity contribution in [2.24, 2.45) is 0 Å². The second-order valence-corrected chi connectivity index (χ2v) is 10.2. The Labute approximate surface area is 205 Å². The van der Waals surface area contributed by atoms with Crippen molar-refractivity contribution in [1.82, 2.24) is 14.3 Å². The molecule has 0 spiro atoms. The Hall–Kier alpha value is -3.75. The zero-order valence-electron chi connectivity index (χ0n) is 19.4. The second kappa shape index (κ2) is 9.85.